The summed E-state index contributed by atoms with van der Waals surface area (Å²) in [7, 11) is 0. The van der Waals surface area contributed by atoms with Crippen molar-refractivity contribution in [1.29, 1.82) is 0 Å². The number of benzene rings is 1. The number of carbonyl (C=O) groups is 1. The molecule has 0 spiro atoms. The fourth-order valence-electron chi connectivity index (χ4n) is 2.55. The number of nitrogen functional groups attached to an aromatic ring is 1. The van der Waals surface area contributed by atoms with E-state index >= 15 is 0 Å². The van der Waals surface area contributed by atoms with Gasteiger partial charge in [-0.15, -0.1) is 0 Å². The molecule has 1 heterocycles. The van der Waals surface area contributed by atoms with E-state index in [4.69, 9.17) is 10.8 Å². The molecule has 0 amide bonds. The second-order valence-corrected chi connectivity index (χ2v) is 5.65. The monoisotopic (exact) mass is 312 g/mol. The highest BCUT2D eigenvalue weighted by molar-refractivity contribution is 9.10. The molecule has 1 aromatic rings. The number of aliphatic carboxylic acids is 1. The minimum absolute atomic E-state index is 0.275. The maximum Gasteiger partial charge on any atom is 0.308 e. The van der Waals surface area contributed by atoms with E-state index in [1.165, 1.54) is 0 Å². The summed E-state index contributed by atoms with van der Waals surface area (Å²) in [6.45, 7) is 3.46. The summed E-state index contributed by atoms with van der Waals surface area (Å²) < 4.78 is 0.936. The van der Waals surface area contributed by atoms with Crippen molar-refractivity contribution < 1.29 is 9.90 Å². The number of halogens is 1. The van der Waals surface area contributed by atoms with Crippen LogP contribution in [-0.2, 0) is 4.79 Å². The number of piperidine rings is 1. The van der Waals surface area contributed by atoms with Crippen LogP contribution in [0.15, 0.2) is 16.6 Å². The number of hydrogen-bond donors (Lipinski definition) is 2. The predicted octanol–water partition coefficient (Wildman–Crippen LogP) is 2.64. The number of nitrogens with zero attached hydrogens (tertiary/aromatic N) is 1. The summed E-state index contributed by atoms with van der Waals surface area (Å²) in [5, 5.41) is 9.13. The third-order valence-corrected chi connectivity index (χ3v) is 3.97. The summed E-state index contributed by atoms with van der Waals surface area (Å²) in [6, 6.07) is 3.79. The maximum atomic E-state index is 11.1. The summed E-state index contributed by atoms with van der Waals surface area (Å²) in [4.78, 5) is 13.2. The molecule has 2 rings (SSSR count). The van der Waals surface area contributed by atoms with Gasteiger partial charge in [0, 0.05) is 23.2 Å². The topological polar surface area (TPSA) is 66.6 Å². The van der Waals surface area contributed by atoms with Crippen LogP contribution in [0, 0.1) is 12.8 Å². The second kappa shape index (κ2) is 5.18. The molecule has 0 bridgehead atoms. The van der Waals surface area contributed by atoms with Crippen molar-refractivity contribution in [3.05, 3.63) is 22.2 Å². The van der Waals surface area contributed by atoms with Crippen LogP contribution in [0.2, 0.25) is 0 Å². The summed E-state index contributed by atoms with van der Waals surface area (Å²) in [6.07, 6.45) is 1.67. The lowest BCUT2D eigenvalue weighted by atomic mass is 9.97. The first-order chi connectivity index (χ1) is 8.49. The highest BCUT2D eigenvalue weighted by Crippen LogP contribution is 2.34. The van der Waals surface area contributed by atoms with Crippen molar-refractivity contribution in [1.82, 2.24) is 0 Å². The molecule has 0 aromatic heterocycles. The van der Waals surface area contributed by atoms with Gasteiger partial charge in [0.05, 0.1) is 11.6 Å². The standard InChI is InChI=1S/C13H17BrN2O2/c1-8-5-10(15)6-11(14)12(8)16-4-2-3-9(7-16)13(17)18/h5-6,9H,2-4,7,15H2,1H3,(H,17,18). The Morgan fingerprint density at radius 2 is 2.28 bits per heavy atom. The van der Waals surface area contributed by atoms with Gasteiger partial charge in [0.2, 0.25) is 0 Å². The average Bonchev–Trinajstić information content (AvgIpc) is 2.28. The zero-order valence-electron chi connectivity index (χ0n) is 10.3. The minimum Gasteiger partial charge on any atom is -0.481 e. The van der Waals surface area contributed by atoms with Crippen LogP contribution in [0.5, 0.6) is 0 Å². The van der Waals surface area contributed by atoms with Crippen molar-refractivity contribution in [3.8, 4) is 0 Å². The van der Waals surface area contributed by atoms with Crippen molar-refractivity contribution >= 4 is 33.3 Å². The highest BCUT2D eigenvalue weighted by Gasteiger charge is 2.27. The first kappa shape index (κ1) is 13.2. The van der Waals surface area contributed by atoms with E-state index in [0.29, 0.717) is 6.54 Å². The molecule has 1 unspecified atom stereocenters. The molecular weight excluding hydrogens is 296 g/mol. The summed E-state index contributed by atoms with van der Waals surface area (Å²) in [5.74, 6) is -0.980. The lowest BCUT2D eigenvalue weighted by Gasteiger charge is -2.34. The lowest BCUT2D eigenvalue weighted by molar-refractivity contribution is -0.141. The van der Waals surface area contributed by atoms with Gasteiger partial charge in [0.1, 0.15) is 0 Å². The molecule has 1 aliphatic rings. The van der Waals surface area contributed by atoms with E-state index in [1.54, 1.807) is 0 Å². The van der Waals surface area contributed by atoms with Gasteiger partial charge in [-0.2, -0.15) is 0 Å². The van der Waals surface area contributed by atoms with Crippen LogP contribution in [0.4, 0.5) is 11.4 Å². The Hall–Kier alpha value is -1.23. The molecule has 1 aliphatic heterocycles. The number of aryl methyl sites for hydroxylation is 1. The molecule has 0 saturated carbocycles. The number of carboxylic acids is 1. The third-order valence-electron chi connectivity index (χ3n) is 3.36. The van der Waals surface area contributed by atoms with Gasteiger partial charge in [-0.3, -0.25) is 4.79 Å². The Morgan fingerprint density at radius 1 is 1.56 bits per heavy atom. The number of nitrogens with two attached hydrogens (primary N) is 1. The van der Waals surface area contributed by atoms with Crippen LogP contribution >= 0.6 is 15.9 Å². The SMILES string of the molecule is Cc1cc(N)cc(Br)c1N1CCCC(C(=O)O)C1. The zero-order chi connectivity index (χ0) is 13.3. The Kier molecular flexibility index (Phi) is 3.80. The Balaban J connectivity index is 2.29. The van der Waals surface area contributed by atoms with Crippen molar-refractivity contribution in [2.75, 3.05) is 23.7 Å². The molecule has 4 nitrogen and oxygen atoms in total. The number of rotatable bonds is 2. The lowest BCUT2D eigenvalue weighted by Crippen LogP contribution is -2.39. The van der Waals surface area contributed by atoms with E-state index in [9.17, 15) is 4.79 Å². The first-order valence-corrected chi connectivity index (χ1v) is 6.81. The van der Waals surface area contributed by atoms with Crippen LogP contribution in [-0.4, -0.2) is 24.2 Å². The Bertz CT molecular complexity index is 453. The van der Waals surface area contributed by atoms with Crippen LogP contribution in [0.1, 0.15) is 18.4 Å². The first-order valence-electron chi connectivity index (χ1n) is 6.02. The molecule has 0 radical (unpaired) electrons. The summed E-state index contributed by atoms with van der Waals surface area (Å²) in [5.41, 5.74) is 8.65. The molecular formula is C13H17BrN2O2. The van der Waals surface area contributed by atoms with E-state index in [1.807, 2.05) is 19.1 Å². The fourth-order valence-corrected chi connectivity index (χ4v) is 3.37. The van der Waals surface area contributed by atoms with Crippen molar-refractivity contribution in [2.24, 2.45) is 5.92 Å². The predicted molar refractivity (Wildman–Crippen MR) is 75.9 cm³/mol. The van der Waals surface area contributed by atoms with Gasteiger partial charge in [-0.1, -0.05) is 0 Å². The smallest absolute Gasteiger partial charge is 0.308 e. The molecule has 5 heteroatoms. The van der Waals surface area contributed by atoms with Gasteiger partial charge in [-0.25, -0.2) is 0 Å². The van der Waals surface area contributed by atoms with Crippen molar-refractivity contribution in [2.45, 2.75) is 19.8 Å². The third kappa shape index (κ3) is 2.61. The minimum atomic E-state index is -0.705. The van der Waals surface area contributed by atoms with Gasteiger partial charge >= 0.3 is 5.97 Å². The molecule has 1 atom stereocenters. The highest BCUT2D eigenvalue weighted by atomic mass is 79.9. The van der Waals surface area contributed by atoms with Gasteiger partial charge in [0.25, 0.3) is 0 Å². The van der Waals surface area contributed by atoms with E-state index < -0.39 is 5.97 Å². The molecule has 1 fully saturated rings. The number of carboxylic acid groups (broad SMARTS) is 1. The largest absolute Gasteiger partial charge is 0.481 e. The van der Waals surface area contributed by atoms with Crippen LogP contribution < -0.4 is 10.6 Å². The Morgan fingerprint density at radius 3 is 2.89 bits per heavy atom. The molecule has 18 heavy (non-hydrogen) atoms. The number of hydrogen-bond acceptors (Lipinski definition) is 3. The van der Waals surface area contributed by atoms with E-state index in [0.717, 1.165) is 40.8 Å². The van der Waals surface area contributed by atoms with E-state index in [2.05, 4.69) is 20.8 Å². The van der Waals surface area contributed by atoms with Gasteiger partial charge < -0.3 is 15.7 Å². The molecule has 1 aromatic carbocycles. The quantitative estimate of drug-likeness (QED) is 0.824. The normalized spacial score (nSPS) is 19.9. The maximum absolute atomic E-state index is 11.1. The molecule has 3 N–H and O–H groups in total. The molecule has 0 aliphatic carbocycles. The molecule has 98 valence electrons. The summed E-state index contributed by atoms with van der Waals surface area (Å²) >= 11 is 3.52. The van der Waals surface area contributed by atoms with Gasteiger partial charge in [0.15, 0.2) is 0 Å². The zero-order valence-corrected chi connectivity index (χ0v) is 11.9. The fraction of sp³-hybridized carbons (Fsp3) is 0.462. The van der Waals surface area contributed by atoms with Crippen molar-refractivity contribution in [3.63, 3.8) is 0 Å². The Labute approximate surface area is 115 Å². The van der Waals surface area contributed by atoms with Gasteiger partial charge in [-0.05, 0) is 53.4 Å². The molecule has 1 saturated heterocycles. The van der Waals surface area contributed by atoms with Crippen LogP contribution in [0.25, 0.3) is 0 Å². The second-order valence-electron chi connectivity index (χ2n) is 4.79. The van der Waals surface area contributed by atoms with E-state index in [-0.39, 0.29) is 5.92 Å². The average molecular weight is 313 g/mol. The van der Waals surface area contributed by atoms with Crippen LogP contribution in [0.3, 0.4) is 0 Å². The number of anilines is 2.